The molecule has 2 rings (SSSR count). The summed E-state index contributed by atoms with van der Waals surface area (Å²) in [5.74, 6) is 0.887. The van der Waals surface area contributed by atoms with E-state index in [4.69, 9.17) is 4.99 Å². The second kappa shape index (κ2) is 8.79. The predicted molar refractivity (Wildman–Crippen MR) is 105 cm³/mol. The Morgan fingerprint density at radius 1 is 1.25 bits per heavy atom. The predicted octanol–water partition coefficient (Wildman–Crippen LogP) is 5.47. The van der Waals surface area contributed by atoms with Crippen molar-refractivity contribution in [3.63, 3.8) is 0 Å². The van der Waals surface area contributed by atoms with Gasteiger partial charge in [-0.3, -0.25) is 10.3 Å². The highest BCUT2D eigenvalue weighted by Crippen LogP contribution is 2.28. The fraction of sp³-hybridized carbons (Fsp3) is 0.409. The Labute approximate surface area is 147 Å². The monoisotopic (exact) mass is 322 g/mol. The van der Waals surface area contributed by atoms with Gasteiger partial charge in [-0.1, -0.05) is 72.7 Å². The van der Waals surface area contributed by atoms with E-state index in [1.807, 2.05) is 0 Å². The Balaban J connectivity index is 2.23. The first-order valence-corrected chi connectivity index (χ1v) is 8.82. The van der Waals surface area contributed by atoms with E-state index >= 15 is 0 Å². The maximum absolute atomic E-state index is 5.06. The molecule has 3 atom stereocenters. The van der Waals surface area contributed by atoms with E-state index in [0.29, 0.717) is 11.8 Å². The fourth-order valence-electron chi connectivity index (χ4n) is 2.95. The zero-order valence-electron chi connectivity index (χ0n) is 15.6. The number of nitrogens with zero attached hydrogens (tertiary/aromatic N) is 1. The zero-order valence-corrected chi connectivity index (χ0v) is 15.6. The molecule has 0 aromatic heterocycles. The van der Waals surface area contributed by atoms with Crippen molar-refractivity contribution >= 4 is 5.71 Å². The molecular weight excluding hydrogens is 292 g/mol. The van der Waals surface area contributed by atoms with Crippen LogP contribution in [0.5, 0.6) is 0 Å². The van der Waals surface area contributed by atoms with E-state index in [0.717, 1.165) is 6.54 Å². The molecule has 0 spiro atoms. The van der Waals surface area contributed by atoms with Gasteiger partial charge in [0.1, 0.15) is 6.17 Å². The van der Waals surface area contributed by atoms with Crippen molar-refractivity contribution in [3.05, 3.63) is 71.3 Å². The Morgan fingerprint density at radius 3 is 2.62 bits per heavy atom. The van der Waals surface area contributed by atoms with Gasteiger partial charge < -0.3 is 0 Å². The molecule has 0 radical (unpaired) electrons. The molecule has 1 aromatic rings. The van der Waals surface area contributed by atoms with Crippen molar-refractivity contribution in [1.29, 1.82) is 0 Å². The maximum atomic E-state index is 5.06. The molecule has 1 unspecified atom stereocenters. The van der Waals surface area contributed by atoms with Gasteiger partial charge >= 0.3 is 0 Å². The van der Waals surface area contributed by atoms with E-state index in [-0.39, 0.29) is 6.17 Å². The summed E-state index contributed by atoms with van der Waals surface area (Å²) in [6, 6.07) is 10.5. The summed E-state index contributed by atoms with van der Waals surface area (Å²) in [6.07, 6.45) is 8.78. The summed E-state index contributed by atoms with van der Waals surface area (Å²) in [5.41, 5.74) is 5.14. The highest BCUT2D eigenvalue weighted by molar-refractivity contribution is 5.87. The van der Waals surface area contributed by atoms with Gasteiger partial charge in [-0.2, -0.15) is 0 Å². The maximum Gasteiger partial charge on any atom is 0.125 e. The molecule has 0 saturated carbocycles. The summed E-state index contributed by atoms with van der Waals surface area (Å²) < 4.78 is 0. The molecule has 0 bridgehead atoms. The lowest BCUT2D eigenvalue weighted by molar-refractivity contribution is 0.558. The molecule has 128 valence electrons. The van der Waals surface area contributed by atoms with Crippen LogP contribution >= 0.6 is 0 Å². The molecule has 0 aliphatic heterocycles. The smallest absolute Gasteiger partial charge is 0.125 e. The summed E-state index contributed by atoms with van der Waals surface area (Å²) in [5, 5.41) is 3.59. The Morgan fingerprint density at radius 2 is 1.96 bits per heavy atom. The first kappa shape index (κ1) is 18.4. The Bertz CT molecular complexity index is 650. The van der Waals surface area contributed by atoms with Crippen LogP contribution in [0.3, 0.4) is 0 Å². The normalized spacial score (nSPS) is 23.1. The molecule has 1 N–H and O–H groups in total. The summed E-state index contributed by atoms with van der Waals surface area (Å²) in [4.78, 5) is 5.06. The van der Waals surface area contributed by atoms with E-state index < -0.39 is 0 Å². The van der Waals surface area contributed by atoms with E-state index in [1.165, 1.54) is 22.4 Å². The lowest BCUT2D eigenvalue weighted by Gasteiger charge is -2.26. The second-order valence-electron chi connectivity index (χ2n) is 6.71. The molecule has 0 saturated heterocycles. The molecule has 0 heterocycles. The second-order valence-corrected chi connectivity index (χ2v) is 6.71. The molecule has 2 heteroatoms. The number of rotatable bonds is 6. The first-order valence-electron chi connectivity index (χ1n) is 8.82. The van der Waals surface area contributed by atoms with Crippen LogP contribution in [-0.2, 0) is 0 Å². The zero-order chi connectivity index (χ0) is 17.5. The number of aliphatic imine (C=N–C) groups is 1. The summed E-state index contributed by atoms with van der Waals surface area (Å²) >= 11 is 0. The molecule has 0 amide bonds. The topological polar surface area (TPSA) is 24.4 Å². The quantitative estimate of drug-likeness (QED) is 0.545. The van der Waals surface area contributed by atoms with E-state index in [1.54, 1.807) is 0 Å². The Kier molecular flexibility index (Phi) is 6.74. The van der Waals surface area contributed by atoms with Gasteiger partial charge in [0.2, 0.25) is 0 Å². The van der Waals surface area contributed by atoms with Gasteiger partial charge in [0.15, 0.2) is 0 Å². The average Bonchev–Trinajstić information content (AvgIpc) is 2.61. The van der Waals surface area contributed by atoms with Crippen molar-refractivity contribution in [1.82, 2.24) is 5.32 Å². The van der Waals surface area contributed by atoms with E-state index in [9.17, 15) is 0 Å². The Hall–Kier alpha value is -1.93. The number of hydrogen-bond donors (Lipinski definition) is 1. The molecule has 1 aliphatic carbocycles. The van der Waals surface area contributed by atoms with Gasteiger partial charge in [-0.15, -0.1) is 0 Å². The van der Waals surface area contributed by atoms with Crippen LogP contribution in [0.1, 0.15) is 46.3 Å². The van der Waals surface area contributed by atoms with Crippen molar-refractivity contribution in [2.24, 2.45) is 16.8 Å². The van der Waals surface area contributed by atoms with Crippen molar-refractivity contribution in [2.75, 3.05) is 6.54 Å². The van der Waals surface area contributed by atoms with Gasteiger partial charge in [0.25, 0.3) is 0 Å². The largest absolute Gasteiger partial charge is 0.288 e. The molecule has 24 heavy (non-hydrogen) atoms. The van der Waals surface area contributed by atoms with Crippen LogP contribution in [0.2, 0.25) is 0 Å². The van der Waals surface area contributed by atoms with Crippen LogP contribution in [0.25, 0.3) is 0 Å². The highest BCUT2D eigenvalue weighted by Gasteiger charge is 2.22. The molecule has 1 aromatic carbocycles. The molecule has 0 fully saturated rings. The van der Waals surface area contributed by atoms with E-state index in [2.05, 4.69) is 94.6 Å². The molecule has 1 aliphatic rings. The van der Waals surface area contributed by atoms with Gasteiger partial charge in [0, 0.05) is 18.2 Å². The van der Waals surface area contributed by atoms with Crippen molar-refractivity contribution in [2.45, 2.75) is 40.8 Å². The van der Waals surface area contributed by atoms with Crippen LogP contribution in [-0.4, -0.2) is 12.3 Å². The molecule has 2 nitrogen and oxygen atoms in total. The third-order valence-corrected chi connectivity index (χ3v) is 4.93. The lowest BCUT2D eigenvalue weighted by atomic mass is 9.81. The lowest BCUT2D eigenvalue weighted by Crippen LogP contribution is -2.26. The number of allylic oxidation sites excluding steroid dienone is 5. The van der Waals surface area contributed by atoms with Crippen LogP contribution in [0.4, 0.5) is 0 Å². The summed E-state index contributed by atoms with van der Waals surface area (Å²) in [6.45, 7) is 11.7. The highest BCUT2D eigenvalue weighted by atomic mass is 15.1. The minimum absolute atomic E-state index is 0.00656. The van der Waals surface area contributed by atoms with Gasteiger partial charge in [-0.25, -0.2) is 0 Å². The minimum Gasteiger partial charge on any atom is -0.288 e. The third-order valence-electron chi connectivity index (χ3n) is 4.93. The van der Waals surface area contributed by atoms with Crippen LogP contribution in [0, 0.1) is 11.8 Å². The van der Waals surface area contributed by atoms with Crippen LogP contribution < -0.4 is 5.32 Å². The van der Waals surface area contributed by atoms with Gasteiger partial charge in [-0.05, 0) is 39.2 Å². The van der Waals surface area contributed by atoms with Crippen LogP contribution in [0.15, 0.2) is 70.8 Å². The average molecular weight is 322 g/mol. The minimum atomic E-state index is -0.00656. The third kappa shape index (κ3) is 4.78. The fourth-order valence-corrected chi connectivity index (χ4v) is 2.95. The summed E-state index contributed by atoms with van der Waals surface area (Å²) in [7, 11) is 0. The van der Waals surface area contributed by atoms with Crippen molar-refractivity contribution in [3.8, 4) is 0 Å². The SMILES string of the molecule is C/C=C(\C)CNC(N=C(C)[C@@H]1C=CC=C(C)[C@@H]1C)c1ccccc1. The number of benzene rings is 1. The van der Waals surface area contributed by atoms with Gasteiger partial charge in [0.05, 0.1) is 0 Å². The van der Waals surface area contributed by atoms with Crippen molar-refractivity contribution < 1.29 is 0 Å². The number of hydrogen-bond acceptors (Lipinski definition) is 2. The first-order chi connectivity index (χ1) is 11.5. The standard InChI is InChI=1S/C22H30N2/c1-6-16(2)15-23-22(20-12-8-7-9-13-20)24-19(5)21-14-10-11-17(3)18(21)4/h6-14,18,21-23H,15H2,1-5H3/b16-6+,24-19?/t18-,21+,22?/m0/s1. The number of nitrogens with one attached hydrogen (secondary N) is 1. The molecular formula is C22H30N2.